The number of hydrogen-bond donors (Lipinski definition) is 0. The molecule has 0 atom stereocenters. The normalized spacial score (nSPS) is 25.9. The van der Waals surface area contributed by atoms with Crippen molar-refractivity contribution in [3.8, 4) is 27.9 Å². The number of aromatic nitrogens is 1. The molecule has 1 heteroatoms. The van der Waals surface area contributed by atoms with Gasteiger partial charge in [0.1, 0.15) is 0 Å². The molecular weight excluding hydrogens is 542 g/mol. The minimum atomic E-state index is 0.121. The van der Waals surface area contributed by atoms with Crippen LogP contribution in [0.4, 0.5) is 0 Å². The van der Waals surface area contributed by atoms with E-state index in [0.717, 1.165) is 23.7 Å². The lowest BCUT2D eigenvalue weighted by molar-refractivity contribution is -0.0393. The molecule has 1 spiro atoms. The lowest BCUT2D eigenvalue weighted by atomic mass is 9.43. The molecule has 1 nitrogen and oxygen atoms in total. The highest BCUT2D eigenvalue weighted by molar-refractivity contribution is 6.17. The first-order chi connectivity index (χ1) is 22.3. The predicted molar refractivity (Wildman–Crippen MR) is 187 cm³/mol. The SMILES string of the molecule is c1ccc(-c2cccc(-n3c4cc5ccccc5cc4c4c5c(ccc43)-c3ccccc3C53C4CC5CC(C4)CC3C5)c2)cc1. The number of benzene rings is 6. The summed E-state index contributed by atoms with van der Waals surface area (Å²) >= 11 is 0. The lowest BCUT2D eigenvalue weighted by Gasteiger charge is -2.61. The molecule has 4 saturated carbocycles. The first kappa shape index (κ1) is 24.7. The van der Waals surface area contributed by atoms with E-state index in [1.54, 1.807) is 11.1 Å². The van der Waals surface area contributed by atoms with Gasteiger partial charge < -0.3 is 4.57 Å². The number of fused-ring (bicyclic) bond motifs is 8. The van der Waals surface area contributed by atoms with Crippen molar-refractivity contribution in [1.29, 1.82) is 0 Å². The third-order valence-corrected chi connectivity index (χ3v) is 12.5. The second-order valence-corrected chi connectivity index (χ2v) is 14.6. The Morgan fingerprint density at radius 1 is 0.511 bits per heavy atom. The van der Waals surface area contributed by atoms with Gasteiger partial charge in [-0.3, -0.25) is 0 Å². The number of rotatable bonds is 2. The van der Waals surface area contributed by atoms with E-state index in [1.165, 1.54) is 92.6 Å². The third-order valence-electron chi connectivity index (χ3n) is 12.5. The molecule has 0 N–H and O–H groups in total. The van der Waals surface area contributed by atoms with Crippen LogP contribution < -0.4 is 0 Å². The Balaban J connectivity index is 1.28. The highest BCUT2D eigenvalue weighted by Gasteiger charge is 2.62. The summed E-state index contributed by atoms with van der Waals surface area (Å²) in [7, 11) is 0. The zero-order valence-corrected chi connectivity index (χ0v) is 25.4. The Morgan fingerprint density at radius 2 is 1.20 bits per heavy atom. The molecular formula is C44H35N. The average molecular weight is 578 g/mol. The molecule has 0 aliphatic heterocycles. The fourth-order valence-electron chi connectivity index (χ4n) is 11.2. The molecule has 1 aromatic heterocycles. The lowest BCUT2D eigenvalue weighted by Crippen LogP contribution is -2.55. The largest absolute Gasteiger partial charge is 0.309 e. The van der Waals surface area contributed by atoms with Crippen LogP contribution in [0.25, 0.3) is 60.5 Å². The van der Waals surface area contributed by atoms with Crippen molar-refractivity contribution in [3.63, 3.8) is 0 Å². The molecule has 4 fully saturated rings. The van der Waals surface area contributed by atoms with E-state index in [-0.39, 0.29) is 5.41 Å². The number of nitrogens with zero attached hydrogens (tertiary/aromatic N) is 1. The van der Waals surface area contributed by atoms with Gasteiger partial charge in [0.2, 0.25) is 0 Å². The van der Waals surface area contributed by atoms with Crippen molar-refractivity contribution in [2.75, 3.05) is 0 Å². The van der Waals surface area contributed by atoms with E-state index < -0.39 is 0 Å². The van der Waals surface area contributed by atoms with Crippen molar-refractivity contribution in [2.45, 2.75) is 37.5 Å². The zero-order chi connectivity index (χ0) is 29.3. The molecule has 45 heavy (non-hydrogen) atoms. The van der Waals surface area contributed by atoms with E-state index in [1.807, 2.05) is 0 Å². The van der Waals surface area contributed by atoms with Crippen LogP contribution in [0.15, 0.2) is 127 Å². The molecule has 5 aliphatic rings. The Hall–Kier alpha value is -4.62. The van der Waals surface area contributed by atoms with E-state index in [0.29, 0.717) is 0 Å². The maximum Gasteiger partial charge on any atom is 0.0547 e. The first-order valence-electron chi connectivity index (χ1n) is 17.0. The van der Waals surface area contributed by atoms with Crippen LogP contribution in [0.5, 0.6) is 0 Å². The van der Waals surface area contributed by atoms with Crippen LogP contribution >= 0.6 is 0 Å². The van der Waals surface area contributed by atoms with Gasteiger partial charge in [-0.15, -0.1) is 0 Å². The maximum absolute atomic E-state index is 2.58. The van der Waals surface area contributed by atoms with E-state index >= 15 is 0 Å². The molecule has 6 aromatic carbocycles. The first-order valence-corrected chi connectivity index (χ1v) is 17.0. The summed E-state index contributed by atoms with van der Waals surface area (Å²) in [6.45, 7) is 0. The van der Waals surface area contributed by atoms with E-state index in [2.05, 4.69) is 132 Å². The van der Waals surface area contributed by atoms with Crippen LogP contribution in [0, 0.1) is 23.7 Å². The summed E-state index contributed by atoms with van der Waals surface area (Å²) in [6, 6.07) is 48.4. The fraction of sp³-hybridized carbons (Fsp3) is 0.227. The molecule has 0 radical (unpaired) electrons. The highest BCUT2D eigenvalue weighted by Crippen LogP contribution is 2.70. The highest BCUT2D eigenvalue weighted by atomic mass is 15.0. The fourth-order valence-corrected chi connectivity index (χ4v) is 11.2. The van der Waals surface area contributed by atoms with Crippen LogP contribution in [0.1, 0.15) is 43.2 Å². The standard InChI is InChI=1S/C44H35N/c1-2-9-29(10-3-1)30-13-8-14-35(24-30)45-40-18-17-37-36-15-6-7-16-39(36)44(33-20-27-19-28(22-33)23-34(44)21-27)43(37)42(40)38-25-31-11-4-5-12-32(31)26-41(38)45/h1-18,24-28,33-34H,19-23H2. The summed E-state index contributed by atoms with van der Waals surface area (Å²) in [4.78, 5) is 0. The summed E-state index contributed by atoms with van der Waals surface area (Å²) < 4.78 is 2.58. The molecule has 216 valence electrons. The molecule has 12 rings (SSSR count). The maximum atomic E-state index is 2.58. The van der Waals surface area contributed by atoms with Gasteiger partial charge in [0, 0.05) is 21.9 Å². The van der Waals surface area contributed by atoms with Crippen LogP contribution in [0.3, 0.4) is 0 Å². The molecule has 0 amide bonds. The monoisotopic (exact) mass is 577 g/mol. The van der Waals surface area contributed by atoms with Crippen molar-refractivity contribution in [1.82, 2.24) is 4.57 Å². The summed E-state index contributed by atoms with van der Waals surface area (Å²) in [5.74, 6) is 3.34. The number of hydrogen-bond acceptors (Lipinski definition) is 0. The molecule has 5 aliphatic carbocycles. The van der Waals surface area contributed by atoms with E-state index in [4.69, 9.17) is 0 Å². The van der Waals surface area contributed by atoms with Gasteiger partial charge in [-0.2, -0.15) is 0 Å². The van der Waals surface area contributed by atoms with Crippen LogP contribution in [-0.4, -0.2) is 4.57 Å². The Bertz CT molecular complexity index is 2310. The quantitative estimate of drug-likeness (QED) is 0.193. The molecule has 7 aromatic rings. The van der Waals surface area contributed by atoms with Gasteiger partial charge in [-0.05, 0) is 130 Å². The summed E-state index contributed by atoms with van der Waals surface area (Å²) in [5.41, 5.74) is 12.8. The van der Waals surface area contributed by atoms with Crippen molar-refractivity contribution in [3.05, 3.63) is 139 Å². The van der Waals surface area contributed by atoms with Crippen LogP contribution in [0.2, 0.25) is 0 Å². The topological polar surface area (TPSA) is 4.93 Å². The second kappa shape index (κ2) is 8.76. The molecule has 4 bridgehead atoms. The van der Waals surface area contributed by atoms with Gasteiger partial charge in [-0.1, -0.05) is 97.1 Å². The third kappa shape index (κ3) is 3.14. The van der Waals surface area contributed by atoms with Crippen molar-refractivity contribution in [2.24, 2.45) is 23.7 Å². The van der Waals surface area contributed by atoms with Crippen molar-refractivity contribution < 1.29 is 0 Å². The van der Waals surface area contributed by atoms with Gasteiger partial charge in [-0.25, -0.2) is 0 Å². The minimum Gasteiger partial charge on any atom is -0.309 e. The van der Waals surface area contributed by atoms with Gasteiger partial charge >= 0.3 is 0 Å². The predicted octanol–water partition coefficient (Wildman–Crippen LogP) is 11.3. The van der Waals surface area contributed by atoms with Gasteiger partial charge in [0.25, 0.3) is 0 Å². The Morgan fingerprint density at radius 3 is 2.00 bits per heavy atom. The Labute approximate surface area is 264 Å². The minimum absolute atomic E-state index is 0.121. The zero-order valence-electron chi connectivity index (χ0n) is 25.4. The van der Waals surface area contributed by atoms with Crippen molar-refractivity contribution >= 4 is 32.6 Å². The Kier molecular flexibility index (Phi) is 4.80. The summed E-state index contributed by atoms with van der Waals surface area (Å²) in [6.07, 6.45) is 7.08. The smallest absolute Gasteiger partial charge is 0.0547 e. The van der Waals surface area contributed by atoms with Gasteiger partial charge in [0.05, 0.1) is 11.0 Å². The molecule has 0 unspecified atom stereocenters. The molecule has 1 heterocycles. The van der Waals surface area contributed by atoms with Crippen LogP contribution in [-0.2, 0) is 5.41 Å². The van der Waals surface area contributed by atoms with E-state index in [9.17, 15) is 0 Å². The average Bonchev–Trinajstić information content (AvgIpc) is 3.56. The van der Waals surface area contributed by atoms with Gasteiger partial charge in [0.15, 0.2) is 0 Å². The summed E-state index contributed by atoms with van der Waals surface area (Å²) in [5, 5.41) is 5.54. The molecule has 0 saturated heterocycles. The second-order valence-electron chi connectivity index (χ2n) is 14.6.